The smallest absolute Gasteiger partial charge is 0.336 e. The average Bonchev–Trinajstić information content (AvgIpc) is 2.24. The van der Waals surface area contributed by atoms with E-state index in [9.17, 15) is 4.79 Å². The van der Waals surface area contributed by atoms with Crippen molar-refractivity contribution in [3.05, 3.63) is 28.2 Å². The van der Waals surface area contributed by atoms with E-state index in [-0.39, 0.29) is 11.2 Å². The van der Waals surface area contributed by atoms with Crippen molar-refractivity contribution < 1.29 is 14.6 Å². The van der Waals surface area contributed by atoms with Crippen molar-refractivity contribution >= 4 is 33.7 Å². The summed E-state index contributed by atoms with van der Waals surface area (Å²) in [6.45, 7) is 6.69. The third-order valence-corrected chi connectivity index (χ3v) is 3.70. The molecule has 1 N–H and O–H groups in total. The van der Waals surface area contributed by atoms with E-state index in [2.05, 4.69) is 15.9 Å². The number of ether oxygens (including phenoxy) is 1. The fraction of sp³-hybridized carbons (Fsp3) is 0.462. The second-order valence-electron chi connectivity index (χ2n) is 4.76. The number of carbonyl (C=O) groups is 1. The zero-order valence-electron chi connectivity index (χ0n) is 10.7. The van der Waals surface area contributed by atoms with Crippen LogP contribution in [0.1, 0.15) is 31.1 Å². The summed E-state index contributed by atoms with van der Waals surface area (Å²) in [6, 6.07) is 5.34. The van der Waals surface area contributed by atoms with E-state index in [1.807, 2.05) is 26.8 Å². The second-order valence-corrected chi connectivity index (χ2v) is 6.78. The van der Waals surface area contributed by atoms with Gasteiger partial charge < -0.3 is 9.84 Å². The fourth-order valence-corrected chi connectivity index (χ4v) is 2.45. The van der Waals surface area contributed by atoms with Crippen molar-refractivity contribution in [3.8, 4) is 0 Å². The third-order valence-electron chi connectivity index (χ3n) is 2.06. The van der Waals surface area contributed by atoms with Gasteiger partial charge in [0.2, 0.25) is 0 Å². The minimum absolute atomic E-state index is 0.132. The highest BCUT2D eigenvalue weighted by Crippen LogP contribution is 2.25. The van der Waals surface area contributed by atoms with E-state index < -0.39 is 5.97 Å². The molecule has 0 heterocycles. The first-order chi connectivity index (χ1) is 8.29. The molecule has 0 radical (unpaired) electrons. The lowest BCUT2D eigenvalue weighted by molar-refractivity contribution is 0.00694. The van der Waals surface area contributed by atoms with Gasteiger partial charge in [-0.2, -0.15) is 0 Å². The Kier molecular flexibility index (Phi) is 5.69. The van der Waals surface area contributed by atoms with Crippen molar-refractivity contribution in [1.29, 1.82) is 0 Å². The molecule has 0 saturated heterocycles. The summed E-state index contributed by atoms with van der Waals surface area (Å²) in [5, 5.41) is 9.00. The molecular weight excluding hydrogens is 316 g/mol. The van der Waals surface area contributed by atoms with Gasteiger partial charge in [0.05, 0.1) is 17.8 Å². The predicted octanol–water partition coefficient (Wildman–Crippen LogP) is 4.05. The molecule has 18 heavy (non-hydrogen) atoms. The summed E-state index contributed by atoms with van der Waals surface area (Å²) in [7, 11) is 0. The molecule has 0 spiro atoms. The minimum Gasteiger partial charge on any atom is -0.478 e. The summed E-state index contributed by atoms with van der Waals surface area (Å²) in [5.74, 6) is -0.118. The van der Waals surface area contributed by atoms with Crippen molar-refractivity contribution in [2.75, 3.05) is 12.4 Å². The largest absolute Gasteiger partial charge is 0.478 e. The molecule has 0 aliphatic carbocycles. The Morgan fingerprint density at radius 3 is 2.67 bits per heavy atom. The third kappa shape index (κ3) is 5.42. The van der Waals surface area contributed by atoms with Crippen LogP contribution in [-0.4, -0.2) is 29.0 Å². The molecule has 0 unspecified atom stereocenters. The molecule has 0 bridgehead atoms. The second kappa shape index (κ2) is 6.59. The molecule has 0 saturated carbocycles. The molecule has 3 nitrogen and oxygen atoms in total. The molecule has 0 aliphatic heterocycles. The highest BCUT2D eigenvalue weighted by Gasteiger charge is 2.11. The van der Waals surface area contributed by atoms with E-state index in [0.29, 0.717) is 11.1 Å². The number of halogens is 1. The van der Waals surface area contributed by atoms with Crippen LogP contribution in [0.2, 0.25) is 0 Å². The topological polar surface area (TPSA) is 46.5 Å². The maximum atomic E-state index is 11.0. The minimum atomic E-state index is -0.921. The Bertz CT molecular complexity index is 427. The van der Waals surface area contributed by atoms with Crippen LogP contribution in [0.25, 0.3) is 0 Å². The van der Waals surface area contributed by atoms with Gasteiger partial charge in [-0.25, -0.2) is 4.79 Å². The van der Waals surface area contributed by atoms with Gasteiger partial charge in [-0.1, -0.05) is 0 Å². The normalized spacial score (nSPS) is 11.6. The van der Waals surface area contributed by atoms with Crippen LogP contribution < -0.4 is 0 Å². The van der Waals surface area contributed by atoms with Gasteiger partial charge in [0.25, 0.3) is 0 Å². The summed E-state index contributed by atoms with van der Waals surface area (Å²) >= 11 is 4.82. The maximum Gasteiger partial charge on any atom is 0.336 e. The molecular formula is C13H17BrO3S. The molecule has 0 amide bonds. The molecule has 100 valence electrons. The molecule has 0 aromatic heterocycles. The highest BCUT2D eigenvalue weighted by atomic mass is 79.9. The Morgan fingerprint density at radius 1 is 1.44 bits per heavy atom. The number of carboxylic acid groups (broad SMARTS) is 1. The van der Waals surface area contributed by atoms with E-state index in [1.165, 1.54) is 0 Å². The lowest BCUT2D eigenvalue weighted by atomic mass is 10.2. The molecule has 1 aromatic carbocycles. The lowest BCUT2D eigenvalue weighted by Gasteiger charge is -2.19. The van der Waals surface area contributed by atoms with Crippen LogP contribution in [0, 0.1) is 0 Å². The lowest BCUT2D eigenvalue weighted by Crippen LogP contribution is -2.20. The summed E-state index contributed by atoms with van der Waals surface area (Å²) in [5.41, 5.74) is 0.156. The van der Waals surface area contributed by atoms with Crippen molar-refractivity contribution in [2.45, 2.75) is 31.3 Å². The van der Waals surface area contributed by atoms with Crippen LogP contribution in [-0.2, 0) is 4.74 Å². The van der Waals surface area contributed by atoms with Crippen LogP contribution in [0.3, 0.4) is 0 Å². The van der Waals surface area contributed by atoms with Crippen LogP contribution in [0.4, 0.5) is 0 Å². The van der Waals surface area contributed by atoms with Gasteiger partial charge in [0, 0.05) is 15.1 Å². The zero-order valence-corrected chi connectivity index (χ0v) is 13.1. The highest BCUT2D eigenvalue weighted by molar-refractivity contribution is 9.10. The number of carboxylic acids is 1. The zero-order chi connectivity index (χ0) is 13.8. The molecule has 0 fully saturated rings. The van der Waals surface area contributed by atoms with Crippen molar-refractivity contribution in [1.82, 2.24) is 0 Å². The first-order valence-electron chi connectivity index (χ1n) is 5.59. The van der Waals surface area contributed by atoms with Crippen LogP contribution in [0.5, 0.6) is 0 Å². The van der Waals surface area contributed by atoms with Crippen LogP contribution in [0.15, 0.2) is 27.6 Å². The van der Waals surface area contributed by atoms with Gasteiger partial charge in [-0.3, -0.25) is 0 Å². The van der Waals surface area contributed by atoms with Gasteiger partial charge in [0.15, 0.2) is 0 Å². The monoisotopic (exact) mass is 332 g/mol. The maximum absolute atomic E-state index is 11.0. The Morgan fingerprint density at radius 2 is 2.11 bits per heavy atom. The quantitative estimate of drug-likeness (QED) is 0.652. The predicted molar refractivity (Wildman–Crippen MR) is 77.5 cm³/mol. The fourth-order valence-electron chi connectivity index (χ4n) is 1.27. The van der Waals surface area contributed by atoms with Gasteiger partial charge in [-0.05, 0) is 54.9 Å². The number of thioether (sulfide) groups is 1. The van der Waals surface area contributed by atoms with E-state index in [1.54, 1.807) is 23.9 Å². The van der Waals surface area contributed by atoms with Crippen molar-refractivity contribution in [3.63, 3.8) is 0 Å². The Balaban J connectivity index is 2.53. The van der Waals surface area contributed by atoms with E-state index >= 15 is 0 Å². The van der Waals surface area contributed by atoms with E-state index in [0.717, 1.165) is 10.6 Å². The number of aromatic carboxylic acids is 1. The van der Waals surface area contributed by atoms with Gasteiger partial charge >= 0.3 is 5.97 Å². The van der Waals surface area contributed by atoms with E-state index in [4.69, 9.17) is 9.84 Å². The summed E-state index contributed by atoms with van der Waals surface area (Å²) in [6.07, 6.45) is 0. The molecule has 5 heteroatoms. The SMILES string of the molecule is CC(C)(C)OCCSc1ccc(Br)c(C(=O)O)c1. The summed E-state index contributed by atoms with van der Waals surface area (Å²) < 4.78 is 6.21. The number of hydrogen-bond acceptors (Lipinski definition) is 3. The van der Waals surface area contributed by atoms with Gasteiger partial charge in [0.1, 0.15) is 0 Å². The Labute approximate surface area is 120 Å². The average molecular weight is 333 g/mol. The van der Waals surface area contributed by atoms with Crippen LogP contribution >= 0.6 is 27.7 Å². The molecule has 0 aliphatic rings. The first kappa shape index (κ1) is 15.5. The Hall–Kier alpha value is -0.520. The number of hydrogen-bond donors (Lipinski definition) is 1. The summed E-state index contributed by atoms with van der Waals surface area (Å²) in [4.78, 5) is 11.9. The molecule has 1 aromatic rings. The standard InChI is InChI=1S/C13H17BrO3S/c1-13(2,3)17-6-7-18-9-4-5-11(14)10(8-9)12(15)16/h4-5,8H,6-7H2,1-3H3,(H,15,16). The number of rotatable bonds is 5. The molecule has 1 rings (SSSR count). The van der Waals surface area contributed by atoms with Gasteiger partial charge in [-0.15, -0.1) is 11.8 Å². The van der Waals surface area contributed by atoms with Crippen molar-refractivity contribution in [2.24, 2.45) is 0 Å². The number of benzene rings is 1. The first-order valence-corrected chi connectivity index (χ1v) is 7.37. The molecule has 0 atom stereocenters.